The molecule has 0 aliphatic heterocycles. The van der Waals surface area contributed by atoms with Gasteiger partial charge in [0.25, 0.3) is 11.2 Å². The van der Waals surface area contributed by atoms with Gasteiger partial charge in [-0.05, 0) is 48.0 Å². The average Bonchev–Trinajstić information content (AvgIpc) is 3.40. The van der Waals surface area contributed by atoms with Crippen LogP contribution in [0, 0.1) is 15.9 Å². The maximum atomic E-state index is 13.6. The van der Waals surface area contributed by atoms with Crippen LogP contribution in [0.25, 0.3) is 33.5 Å². The van der Waals surface area contributed by atoms with E-state index in [1.54, 1.807) is 48.5 Å². The van der Waals surface area contributed by atoms with Crippen molar-refractivity contribution in [2.24, 2.45) is 5.10 Å². The summed E-state index contributed by atoms with van der Waals surface area (Å²) in [5.74, 6) is 0.324. The standard InChI is InChI=1S/C30H19FN4O5/c31-22-8-5-6-19(14-22)18-39-26-13-12-23(35(37)38)15-21(26)17-32-34-29(28-16-20-7-1-4-11-27(20)40-28)33-25-10-3-2-9-24(25)30(34)36/h1-17H,18H2. The summed E-state index contributed by atoms with van der Waals surface area (Å²) in [7, 11) is 0. The van der Waals surface area contributed by atoms with E-state index in [-0.39, 0.29) is 29.4 Å². The van der Waals surface area contributed by atoms with E-state index in [1.807, 2.05) is 18.2 Å². The first-order valence-corrected chi connectivity index (χ1v) is 12.2. The van der Waals surface area contributed by atoms with Crippen LogP contribution in [-0.2, 0) is 6.61 Å². The summed E-state index contributed by atoms with van der Waals surface area (Å²) >= 11 is 0. The van der Waals surface area contributed by atoms with E-state index in [1.165, 1.54) is 36.5 Å². The molecule has 6 aromatic rings. The third kappa shape index (κ3) is 4.81. The number of fused-ring (bicyclic) bond motifs is 2. The van der Waals surface area contributed by atoms with Gasteiger partial charge in [-0.2, -0.15) is 9.78 Å². The number of halogens is 1. The fourth-order valence-corrected chi connectivity index (χ4v) is 4.27. The lowest BCUT2D eigenvalue weighted by Crippen LogP contribution is -2.20. The first-order chi connectivity index (χ1) is 19.5. The van der Waals surface area contributed by atoms with E-state index in [0.717, 1.165) is 10.1 Å². The highest BCUT2D eigenvalue weighted by Gasteiger charge is 2.17. The van der Waals surface area contributed by atoms with Crippen molar-refractivity contribution in [3.8, 4) is 17.3 Å². The molecule has 10 heteroatoms. The van der Waals surface area contributed by atoms with Gasteiger partial charge in [0.15, 0.2) is 5.76 Å². The Morgan fingerprint density at radius 2 is 1.82 bits per heavy atom. The minimum atomic E-state index is -0.544. The van der Waals surface area contributed by atoms with Gasteiger partial charge < -0.3 is 9.15 Å². The summed E-state index contributed by atoms with van der Waals surface area (Å²) in [6.07, 6.45) is 1.29. The van der Waals surface area contributed by atoms with Gasteiger partial charge >= 0.3 is 0 Å². The number of nitro benzene ring substituents is 1. The molecule has 0 aliphatic rings. The Balaban J connectivity index is 1.46. The minimum Gasteiger partial charge on any atom is -0.488 e. The van der Waals surface area contributed by atoms with Crippen LogP contribution in [0.2, 0.25) is 0 Å². The summed E-state index contributed by atoms with van der Waals surface area (Å²) in [5, 5.41) is 17.0. The summed E-state index contributed by atoms with van der Waals surface area (Å²) < 4.78 is 26.5. The highest BCUT2D eigenvalue weighted by molar-refractivity contribution is 5.86. The maximum Gasteiger partial charge on any atom is 0.282 e. The largest absolute Gasteiger partial charge is 0.488 e. The van der Waals surface area contributed by atoms with Gasteiger partial charge in [-0.1, -0.05) is 42.5 Å². The Hall–Kier alpha value is -5.64. The van der Waals surface area contributed by atoms with Crippen LogP contribution in [-0.4, -0.2) is 20.8 Å². The topological polar surface area (TPSA) is 113 Å². The molecule has 0 atom stereocenters. The van der Waals surface area contributed by atoms with E-state index >= 15 is 0 Å². The molecule has 0 radical (unpaired) electrons. The van der Waals surface area contributed by atoms with E-state index < -0.39 is 16.3 Å². The Kier molecular flexibility index (Phi) is 6.33. The number of benzene rings is 4. The number of furan rings is 1. The van der Waals surface area contributed by atoms with E-state index in [4.69, 9.17) is 9.15 Å². The second-order valence-corrected chi connectivity index (χ2v) is 8.86. The van der Waals surface area contributed by atoms with Crippen LogP contribution >= 0.6 is 0 Å². The highest BCUT2D eigenvalue weighted by Crippen LogP contribution is 2.28. The zero-order valence-corrected chi connectivity index (χ0v) is 20.7. The van der Waals surface area contributed by atoms with Gasteiger partial charge in [-0.25, -0.2) is 9.37 Å². The van der Waals surface area contributed by atoms with E-state index in [2.05, 4.69) is 10.1 Å². The Morgan fingerprint density at radius 1 is 1.00 bits per heavy atom. The third-order valence-electron chi connectivity index (χ3n) is 6.20. The molecule has 0 amide bonds. The van der Waals surface area contributed by atoms with Crippen molar-refractivity contribution in [3.05, 3.63) is 134 Å². The van der Waals surface area contributed by atoms with E-state index in [0.29, 0.717) is 27.8 Å². The molecular weight excluding hydrogens is 515 g/mol. The van der Waals surface area contributed by atoms with Gasteiger partial charge in [0.05, 0.1) is 22.0 Å². The quantitative estimate of drug-likeness (QED) is 0.135. The zero-order chi connectivity index (χ0) is 27.6. The van der Waals surface area contributed by atoms with Gasteiger partial charge in [-0.3, -0.25) is 14.9 Å². The SMILES string of the molecule is O=c1c2ccccc2nc(-c2cc3ccccc3o2)n1N=Cc1cc([N+](=O)[O-])ccc1OCc1cccc(F)c1. The van der Waals surface area contributed by atoms with Crippen LogP contribution in [0.1, 0.15) is 11.1 Å². The third-order valence-corrected chi connectivity index (χ3v) is 6.20. The molecular formula is C30H19FN4O5. The van der Waals surface area contributed by atoms with Crippen molar-refractivity contribution in [3.63, 3.8) is 0 Å². The second-order valence-electron chi connectivity index (χ2n) is 8.86. The fourth-order valence-electron chi connectivity index (χ4n) is 4.27. The molecule has 0 unspecified atom stereocenters. The number of rotatable bonds is 7. The zero-order valence-electron chi connectivity index (χ0n) is 20.7. The van der Waals surface area contributed by atoms with E-state index in [9.17, 15) is 19.3 Å². The van der Waals surface area contributed by atoms with Gasteiger partial charge in [0, 0.05) is 23.1 Å². The molecule has 196 valence electrons. The molecule has 0 fully saturated rings. The Labute approximate surface area is 225 Å². The lowest BCUT2D eigenvalue weighted by Gasteiger charge is -2.10. The van der Waals surface area contributed by atoms with Crippen LogP contribution < -0.4 is 10.3 Å². The molecule has 2 heterocycles. The Morgan fingerprint density at radius 3 is 2.65 bits per heavy atom. The minimum absolute atomic E-state index is 0.0120. The maximum absolute atomic E-state index is 13.6. The van der Waals surface area contributed by atoms with Gasteiger partial charge in [0.1, 0.15) is 23.8 Å². The van der Waals surface area contributed by atoms with Crippen molar-refractivity contribution >= 4 is 33.8 Å². The van der Waals surface area contributed by atoms with Crippen molar-refractivity contribution < 1.29 is 18.5 Å². The van der Waals surface area contributed by atoms with Gasteiger partial charge in [0.2, 0.25) is 5.82 Å². The van der Waals surface area contributed by atoms with Crippen LogP contribution in [0.3, 0.4) is 0 Å². The summed E-state index contributed by atoms with van der Waals surface area (Å²) in [4.78, 5) is 29.1. The molecule has 0 aliphatic carbocycles. The van der Waals surface area contributed by atoms with Crippen molar-refractivity contribution in [2.45, 2.75) is 6.61 Å². The van der Waals surface area contributed by atoms with Crippen LogP contribution in [0.15, 0.2) is 111 Å². The summed E-state index contributed by atoms with van der Waals surface area (Å²) in [5.41, 5.74) is 1.24. The predicted molar refractivity (Wildman–Crippen MR) is 148 cm³/mol. The number of ether oxygens (including phenoxy) is 1. The predicted octanol–water partition coefficient (Wildman–Crippen LogP) is 6.32. The molecule has 0 saturated carbocycles. The molecule has 0 N–H and O–H groups in total. The lowest BCUT2D eigenvalue weighted by atomic mass is 10.2. The van der Waals surface area contributed by atoms with Crippen LogP contribution in [0.4, 0.5) is 10.1 Å². The fraction of sp³-hybridized carbons (Fsp3) is 0.0333. The smallest absolute Gasteiger partial charge is 0.282 e. The highest BCUT2D eigenvalue weighted by atomic mass is 19.1. The molecule has 2 aromatic heterocycles. The molecule has 40 heavy (non-hydrogen) atoms. The van der Waals surface area contributed by atoms with Crippen molar-refractivity contribution in [2.75, 3.05) is 0 Å². The molecule has 6 rings (SSSR count). The number of aromatic nitrogens is 2. The average molecular weight is 535 g/mol. The van der Waals surface area contributed by atoms with Gasteiger partial charge in [-0.15, -0.1) is 0 Å². The van der Waals surface area contributed by atoms with Crippen molar-refractivity contribution in [1.29, 1.82) is 0 Å². The Bertz CT molecular complexity index is 1960. The second kappa shape index (κ2) is 10.3. The summed E-state index contributed by atoms with van der Waals surface area (Å²) in [6.45, 7) is 0.0120. The normalized spacial score (nSPS) is 11.4. The van der Waals surface area contributed by atoms with Crippen LogP contribution in [0.5, 0.6) is 5.75 Å². The number of nitro groups is 1. The summed E-state index contributed by atoms with van der Waals surface area (Å²) in [6, 6.07) is 25.9. The van der Waals surface area contributed by atoms with Crippen molar-refractivity contribution in [1.82, 2.24) is 9.66 Å². The lowest BCUT2D eigenvalue weighted by molar-refractivity contribution is -0.384. The molecule has 0 saturated heterocycles. The number of nitrogens with zero attached hydrogens (tertiary/aromatic N) is 4. The first-order valence-electron chi connectivity index (χ1n) is 12.2. The molecule has 0 spiro atoms. The molecule has 4 aromatic carbocycles. The number of non-ortho nitro benzene ring substituents is 1. The molecule has 9 nitrogen and oxygen atoms in total. The monoisotopic (exact) mass is 534 g/mol. The number of hydrogen-bond donors (Lipinski definition) is 0. The number of para-hydroxylation sites is 2. The number of hydrogen-bond acceptors (Lipinski definition) is 7. The molecule has 0 bridgehead atoms. The first kappa shape index (κ1) is 24.7.